The first-order valence-corrected chi connectivity index (χ1v) is 11.3. The predicted octanol–water partition coefficient (Wildman–Crippen LogP) is 2.95. The Kier molecular flexibility index (Phi) is 5.93. The fraction of sp³-hybridized carbons (Fsp3) is 0.480. The van der Waals surface area contributed by atoms with Crippen LogP contribution in [-0.2, 0) is 22.4 Å². The lowest BCUT2D eigenvalue weighted by atomic mass is 9.58. The normalized spacial score (nSPS) is 26.4. The zero-order valence-electron chi connectivity index (χ0n) is 19.4. The van der Waals surface area contributed by atoms with E-state index in [1.54, 1.807) is 6.07 Å². The Balaban J connectivity index is 1.84. The van der Waals surface area contributed by atoms with E-state index < -0.39 is 51.8 Å². The standard InChI is InChI=1S/C25H28N2O7/c1-12(28)19-18(30)11-15-9-14-10-16-13(5-4-8-27(2)3)6-7-17(29)21(16)22(31)20(14)24(33)25(15,26-34)23(19)32/h6-7,14-15,29-30,33H,4-5,8-11H2,1-3H3/t14-,15+,25-/m1/s1. The highest BCUT2D eigenvalue weighted by Crippen LogP contribution is 2.53. The zero-order chi connectivity index (χ0) is 24.9. The van der Waals surface area contributed by atoms with Gasteiger partial charge in [-0.2, -0.15) is 0 Å². The Labute approximate surface area is 196 Å². The number of aliphatic hydroxyl groups is 2. The van der Waals surface area contributed by atoms with Crippen LogP contribution in [0.4, 0.5) is 0 Å². The molecule has 0 bridgehead atoms. The second-order valence-electron chi connectivity index (χ2n) is 9.70. The molecule has 4 rings (SSSR count). The summed E-state index contributed by atoms with van der Waals surface area (Å²) >= 11 is 0. The van der Waals surface area contributed by atoms with E-state index in [1.165, 1.54) is 6.07 Å². The number of carbonyl (C=O) groups is 3. The van der Waals surface area contributed by atoms with Crippen molar-refractivity contribution in [3.63, 3.8) is 0 Å². The Morgan fingerprint density at radius 1 is 1.18 bits per heavy atom. The van der Waals surface area contributed by atoms with Crippen molar-refractivity contribution >= 4 is 17.3 Å². The minimum absolute atomic E-state index is 0.0630. The molecular weight excluding hydrogens is 440 g/mol. The summed E-state index contributed by atoms with van der Waals surface area (Å²) in [4.78, 5) is 52.9. The number of hydrogen-bond donors (Lipinski definition) is 3. The summed E-state index contributed by atoms with van der Waals surface area (Å²) in [7, 11) is 3.94. The Hall–Kier alpha value is -3.33. The van der Waals surface area contributed by atoms with Gasteiger partial charge in [-0.05, 0) is 81.5 Å². The van der Waals surface area contributed by atoms with Crippen LogP contribution in [0.15, 0.2) is 40.0 Å². The Bertz CT molecular complexity index is 1180. The molecule has 0 unspecified atom stereocenters. The SMILES string of the molecule is CC(=O)C1=C(O)C[C@@H]2C[C@@H]3Cc4c(CCCN(C)C)ccc(O)c4C(=O)C3=C(O)[C@]2(N=O)C1=O. The number of hydrogen-bond acceptors (Lipinski definition) is 9. The van der Waals surface area contributed by atoms with E-state index in [1.807, 2.05) is 14.1 Å². The molecule has 1 aromatic rings. The number of carbonyl (C=O) groups excluding carboxylic acids is 3. The predicted molar refractivity (Wildman–Crippen MR) is 123 cm³/mol. The van der Waals surface area contributed by atoms with Crippen molar-refractivity contribution < 1.29 is 29.7 Å². The number of rotatable bonds is 6. The first-order chi connectivity index (χ1) is 16.0. The van der Waals surface area contributed by atoms with Crippen LogP contribution < -0.4 is 0 Å². The molecule has 3 aliphatic carbocycles. The lowest BCUT2D eigenvalue weighted by Crippen LogP contribution is -2.55. The number of aromatic hydroxyl groups is 1. The third-order valence-corrected chi connectivity index (χ3v) is 7.34. The van der Waals surface area contributed by atoms with Gasteiger partial charge in [0.25, 0.3) is 0 Å². The molecule has 180 valence electrons. The van der Waals surface area contributed by atoms with Gasteiger partial charge in [0.1, 0.15) is 22.8 Å². The third kappa shape index (κ3) is 3.37. The van der Waals surface area contributed by atoms with Gasteiger partial charge in [0, 0.05) is 17.9 Å². The Morgan fingerprint density at radius 2 is 1.88 bits per heavy atom. The number of allylic oxidation sites excluding steroid dienone is 2. The molecule has 0 saturated carbocycles. The maximum atomic E-state index is 13.6. The van der Waals surface area contributed by atoms with Gasteiger partial charge in [0.05, 0.1) is 5.56 Å². The lowest BCUT2D eigenvalue weighted by Gasteiger charge is -2.44. The van der Waals surface area contributed by atoms with E-state index in [-0.39, 0.29) is 29.7 Å². The average molecular weight is 469 g/mol. The number of Topliss-reactive ketones (excluding diaryl/α,β-unsaturated/α-hetero) is 3. The van der Waals surface area contributed by atoms with Gasteiger partial charge >= 0.3 is 0 Å². The van der Waals surface area contributed by atoms with E-state index in [9.17, 15) is 34.6 Å². The van der Waals surface area contributed by atoms with Crippen LogP contribution in [0.3, 0.4) is 0 Å². The number of aryl methyl sites for hydroxylation is 1. The number of aliphatic hydroxyl groups excluding tert-OH is 2. The topological polar surface area (TPSA) is 145 Å². The molecule has 0 heterocycles. The van der Waals surface area contributed by atoms with Crippen molar-refractivity contribution in [1.82, 2.24) is 4.90 Å². The number of fused-ring (bicyclic) bond motifs is 3. The van der Waals surface area contributed by atoms with Crippen LogP contribution in [0, 0.1) is 16.7 Å². The molecule has 9 nitrogen and oxygen atoms in total. The lowest BCUT2D eigenvalue weighted by molar-refractivity contribution is -0.127. The summed E-state index contributed by atoms with van der Waals surface area (Å²) in [6.07, 6.45) is 1.83. The summed E-state index contributed by atoms with van der Waals surface area (Å²) in [6, 6.07) is 3.24. The zero-order valence-corrected chi connectivity index (χ0v) is 19.4. The number of ketones is 3. The molecule has 3 N–H and O–H groups in total. The monoisotopic (exact) mass is 468 g/mol. The van der Waals surface area contributed by atoms with Crippen LogP contribution >= 0.6 is 0 Å². The number of benzene rings is 1. The van der Waals surface area contributed by atoms with Crippen LogP contribution in [0.5, 0.6) is 5.75 Å². The van der Waals surface area contributed by atoms with Gasteiger partial charge in [-0.3, -0.25) is 14.4 Å². The van der Waals surface area contributed by atoms with Crippen LogP contribution in [0.1, 0.15) is 47.7 Å². The minimum atomic E-state index is -2.34. The quantitative estimate of drug-likeness (QED) is 0.427. The van der Waals surface area contributed by atoms with Crippen LogP contribution in [0.25, 0.3) is 0 Å². The van der Waals surface area contributed by atoms with Crippen molar-refractivity contribution in [2.75, 3.05) is 20.6 Å². The highest BCUT2D eigenvalue weighted by atomic mass is 16.3. The molecule has 0 spiro atoms. The second-order valence-corrected chi connectivity index (χ2v) is 9.70. The summed E-state index contributed by atoms with van der Waals surface area (Å²) < 4.78 is 0. The van der Waals surface area contributed by atoms with Gasteiger partial charge in [-0.1, -0.05) is 6.07 Å². The molecule has 1 aromatic carbocycles. The van der Waals surface area contributed by atoms with Crippen molar-refractivity contribution in [1.29, 1.82) is 0 Å². The van der Waals surface area contributed by atoms with Gasteiger partial charge in [-0.15, -0.1) is 4.91 Å². The van der Waals surface area contributed by atoms with E-state index >= 15 is 0 Å². The summed E-state index contributed by atoms with van der Waals surface area (Å²) in [5, 5.41) is 35.1. The molecule has 0 aromatic heterocycles. The first-order valence-electron chi connectivity index (χ1n) is 11.3. The highest BCUT2D eigenvalue weighted by Gasteiger charge is 2.62. The second kappa shape index (κ2) is 8.47. The van der Waals surface area contributed by atoms with Crippen LogP contribution in [-0.4, -0.2) is 63.7 Å². The van der Waals surface area contributed by atoms with Gasteiger partial charge in [-0.25, -0.2) is 0 Å². The first kappa shape index (κ1) is 23.8. The van der Waals surface area contributed by atoms with Crippen molar-refractivity contribution in [2.45, 2.75) is 44.6 Å². The molecule has 0 amide bonds. The van der Waals surface area contributed by atoms with E-state index in [0.717, 1.165) is 25.5 Å². The largest absolute Gasteiger partial charge is 0.511 e. The molecular formula is C25H28N2O7. The fourth-order valence-electron chi connectivity index (χ4n) is 5.77. The number of phenolic OH excluding ortho intramolecular Hbond substituents is 1. The van der Waals surface area contributed by atoms with Gasteiger partial charge < -0.3 is 20.2 Å². The van der Waals surface area contributed by atoms with Gasteiger partial charge in [0.2, 0.25) is 11.3 Å². The fourth-order valence-corrected chi connectivity index (χ4v) is 5.77. The molecule has 0 radical (unpaired) electrons. The summed E-state index contributed by atoms with van der Waals surface area (Å²) in [5.74, 6) is -5.32. The van der Waals surface area contributed by atoms with E-state index in [0.29, 0.717) is 18.4 Å². The van der Waals surface area contributed by atoms with Crippen LogP contribution in [0.2, 0.25) is 0 Å². The van der Waals surface area contributed by atoms with Crippen molar-refractivity contribution in [3.8, 4) is 5.75 Å². The summed E-state index contributed by atoms with van der Waals surface area (Å²) in [6.45, 7) is 1.93. The molecule has 0 fully saturated rings. The minimum Gasteiger partial charge on any atom is -0.511 e. The molecule has 0 aliphatic heterocycles. The molecule has 3 atom stereocenters. The maximum Gasteiger partial charge on any atom is 0.225 e. The molecule has 3 aliphatic rings. The maximum absolute atomic E-state index is 13.6. The highest BCUT2D eigenvalue weighted by molar-refractivity contribution is 6.25. The van der Waals surface area contributed by atoms with Crippen molar-refractivity contribution in [3.05, 3.63) is 56.4 Å². The number of phenols is 1. The summed E-state index contributed by atoms with van der Waals surface area (Å²) in [5.41, 5.74) is -1.35. The van der Waals surface area contributed by atoms with E-state index in [4.69, 9.17) is 0 Å². The van der Waals surface area contributed by atoms with Gasteiger partial charge in [0.15, 0.2) is 11.6 Å². The smallest absolute Gasteiger partial charge is 0.225 e. The number of nitrogens with zero attached hydrogens (tertiary/aromatic N) is 2. The molecule has 9 heteroatoms. The van der Waals surface area contributed by atoms with E-state index in [2.05, 4.69) is 10.1 Å². The average Bonchev–Trinajstić information content (AvgIpc) is 2.74. The Morgan fingerprint density at radius 3 is 2.50 bits per heavy atom. The number of nitroso groups, excluding NO2 is 1. The molecule has 34 heavy (non-hydrogen) atoms. The van der Waals surface area contributed by atoms with Crippen molar-refractivity contribution in [2.24, 2.45) is 17.0 Å². The molecule has 0 saturated heterocycles. The third-order valence-electron chi connectivity index (χ3n) is 7.34.